The monoisotopic (exact) mass is 171 g/mol. The predicted octanol–water partition coefficient (Wildman–Crippen LogP) is 2.14. The molecular formula is C7H8O3P+. The minimum absolute atomic E-state index is 0.170. The molecule has 1 atom stereocenters. The van der Waals surface area contributed by atoms with Gasteiger partial charge in [0.25, 0.3) is 0 Å². The molecule has 4 heteroatoms. The number of phenolic OH excluding ortho intramolecular Hbond substituents is 1. The highest BCUT2D eigenvalue weighted by atomic mass is 31.1. The third-order valence-corrected chi connectivity index (χ3v) is 1.54. The van der Waals surface area contributed by atoms with Crippen molar-refractivity contribution in [3.8, 4) is 11.5 Å². The lowest BCUT2D eigenvalue weighted by molar-refractivity contribution is 0.472. The Morgan fingerprint density at radius 3 is 2.36 bits per heavy atom. The fourth-order valence-electron chi connectivity index (χ4n) is 0.655. The first kappa shape index (κ1) is 8.02. The van der Waals surface area contributed by atoms with Crippen LogP contribution < -0.4 is 4.52 Å². The summed E-state index contributed by atoms with van der Waals surface area (Å²) in [7, 11) is -1.62. The molecule has 58 valence electrons. The van der Waals surface area contributed by atoms with Crippen molar-refractivity contribution in [3.63, 3.8) is 0 Å². The summed E-state index contributed by atoms with van der Waals surface area (Å²) in [6.45, 7) is 1.47. The second-order valence-corrected chi connectivity index (χ2v) is 3.09. The van der Waals surface area contributed by atoms with Crippen molar-refractivity contribution in [2.75, 3.05) is 6.66 Å². The molecule has 11 heavy (non-hydrogen) atoms. The summed E-state index contributed by atoms with van der Waals surface area (Å²) in [4.78, 5) is 0. The third kappa shape index (κ3) is 2.56. The van der Waals surface area contributed by atoms with Gasteiger partial charge in [-0.05, 0) is 28.8 Å². The highest BCUT2D eigenvalue weighted by Crippen LogP contribution is 2.24. The van der Waals surface area contributed by atoms with Gasteiger partial charge in [0.05, 0.1) is 0 Å². The third-order valence-electron chi connectivity index (χ3n) is 1.07. The predicted molar refractivity (Wildman–Crippen MR) is 42.3 cm³/mol. The SMILES string of the molecule is C[P+](=O)Oc1ccc(O)cc1. The molecule has 1 unspecified atom stereocenters. The molecule has 3 nitrogen and oxygen atoms in total. The van der Waals surface area contributed by atoms with E-state index >= 15 is 0 Å². The Morgan fingerprint density at radius 1 is 1.36 bits per heavy atom. The Balaban J connectivity index is 2.74. The van der Waals surface area contributed by atoms with Crippen LogP contribution in [0.3, 0.4) is 0 Å². The van der Waals surface area contributed by atoms with Gasteiger partial charge in [-0.25, -0.2) is 0 Å². The minimum atomic E-state index is -1.62. The van der Waals surface area contributed by atoms with Gasteiger partial charge >= 0.3 is 8.03 Å². The van der Waals surface area contributed by atoms with Crippen molar-refractivity contribution in [2.45, 2.75) is 0 Å². The number of hydrogen-bond acceptors (Lipinski definition) is 3. The van der Waals surface area contributed by atoms with E-state index in [1.165, 1.54) is 18.8 Å². The van der Waals surface area contributed by atoms with Crippen LogP contribution in [-0.2, 0) is 4.57 Å². The fourth-order valence-corrected chi connectivity index (χ4v) is 1.07. The molecule has 0 aliphatic carbocycles. The number of aromatic hydroxyl groups is 1. The van der Waals surface area contributed by atoms with Gasteiger partial charge in [0.1, 0.15) is 5.75 Å². The summed E-state index contributed by atoms with van der Waals surface area (Å²) in [6.07, 6.45) is 0. The summed E-state index contributed by atoms with van der Waals surface area (Å²) in [5, 5.41) is 8.86. The molecule has 0 aliphatic heterocycles. The minimum Gasteiger partial charge on any atom is -0.508 e. The van der Waals surface area contributed by atoms with Crippen molar-refractivity contribution in [2.24, 2.45) is 0 Å². The van der Waals surface area contributed by atoms with Crippen LogP contribution in [0, 0.1) is 0 Å². The van der Waals surface area contributed by atoms with E-state index in [1.54, 1.807) is 12.1 Å². The van der Waals surface area contributed by atoms with Crippen LogP contribution in [0.15, 0.2) is 24.3 Å². The summed E-state index contributed by atoms with van der Waals surface area (Å²) >= 11 is 0. The molecule has 0 heterocycles. The lowest BCUT2D eigenvalue weighted by Crippen LogP contribution is -1.77. The zero-order valence-corrected chi connectivity index (χ0v) is 6.91. The molecule has 0 bridgehead atoms. The molecule has 0 saturated carbocycles. The molecular weight excluding hydrogens is 163 g/mol. The van der Waals surface area contributed by atoms with Gasteiger partial charge < -0.3 is 5.11 Å². The van der Waals surface area contributed by atoms with Crippen LogP contribution in [0.5, 0.6) is 11.5 Å². The topological polar surface area (TPSA) is 46.5 Å². The van der Waals surface area contributed by atoms with E-state index in [1.807, 2.05) is 0 Å². The van der Waals surface area contributed by atoms with Crippen molar-refractivity contribution in [1.29, 1.82) is 0 Å². The first-order valence-electron chi connectivity index (χ1n) is 3.06. The molecule has 0 aromatic heterocycles. The molecule has 0 saturated heterocycles. The Hall–Kier alpha value is -1.08. The van der Waals surface area contributed by atoms with E-state index in [4.69, 9.17) is 9.63 Å². The number of benzene rings is 1. The number of hydrogen-bond donors (Lipinski definition) is 1. The van der Waals surface area contributed by atoms with Crippen LogP contribution in [0.2, 0.25) is 0 Å². The van der Waals surface area contributed by atoms with Crippen LogP contribution in [0.4, 0.5) is 0 Å². The normalized spacial score (nSPS) is 10.8. The van der Waals surface area contributed by atoms with E-state index in [2.05, 4.69) is 0 Å². The lowest BCUT2D eigenvalue weighted by Gasteiger charge is -1.91. The van der Waals surface area contributed by atoms with Crippen molar-refractivity contribution < 1.29 is 14.2 Å². The van der Waals surface area contributed by atoms with Crippen LogP contribution in [-0.4, -0.2) is 11.8 Å². The zero-order valence-electron chi connectivity index (χ0n) is 6.02. The van der Waals surface area contributed by atoms with E-state index in [-0.39, 0.29) is 5.75 Å². The van der Waals surface area contributed by atoms with E-state index in [0.717, 1.165) is 0 Å². The van der Waals surface area contributed by atoms with Crippen molar-refractivity contribution in [1.82, 2.24) is 0 Å². The lowest BCUT2D eigenvalue weighted by atomic mass is 10.3. The first-order valence-corrected chi connectivity index (χ1v) is 4.69. The van der Waals surface area contributed by atoms with E-state index in [0.29, 0.717) is 5.75 Å². The molecule has 0 fully saturated rings. The molecule has 0 spiro atoms. The number of rotatable bonds is 2. The maximum Gasteiger partial charge on any atom is 0.552 e. The van der Waals surface area contributed by atoms with Crippen molar-refractivity contribution in [3.05, 3.63) is 24.3 Å². The van der Waals surface area contributed by atoms with Gasteiger partial charge in [0.2, 0.25) is 0 Å². The second-order valence-electron chi connectivity index (χ2n) is 2.02. The fraction of sp³-hybridized carbons (Fsp3) is 0.143. The van der Waals surface area contributed by atoms with E-state index < -0.39 is 8.03 Å². The smallest absolute Gasteiger partial charge is 0.508 e. The summed E-state index contributed by atoms with van der Waals surface area (Å²) in [5.74, 6) is 0.676. The van der Waals surface area contributed by atoms with E-state index in [9.17, 15) is 4.57 Å². The van der Waals surface area contributed by atoms with Gasteiger partial charge in [-0.2, -0.15) is 0 Å². The Labute approximate surface area is 65.5 Å². The van der Waals surface area contributed by atoms with Crippen LogP contribution in [0.25, 0.3) is 0 Å². The molecule has 0 radical (unpaired) electrons. The molecule has 0 amide bonds. The summed E-state index contributed by atoms with van der Waals surface area (Å²) < 4.78 is 15.4. The average Bonchev–Trinajstić information content (AvgIpc) is 1.93. The molecule has 1 aromatic rings. The standard InChI is InChI=1S/C7H7O3P/c1-11(9)10-7-4-2-6(8)3-5-7/h2-5H,1H3/p+1. The second kappa shape index (κ2) is 3.35. The van der Waals surface area contributed by atoms with Gasteiger partial charge in [0.15, 0.2) is 12.4 Å². The Bertz CT molecular complexity index is 255. The number of phenols is 1. The maximum absolute atomic E-state index is 10.6. The van der Waals surface area contributed by atoms with Crippen LogP contribution >= 0.6 is 8.03 Å². The Kier molecular flexibility index (Phi) is 2.44. The van der Waals surface area contributed by atoms with Gasteiger partial charge in [-0.3, -0.25) is 4.52 Å². The summed E-state index contributed by atoms with van der Waals surface area (Å²) in [5.41, 5.74) is 0. The first-order chi connectivity index (χ1) is 5.18. The largest absolute Gasteiger partial charge is 0.552 e. The Morgan fingerprint density at radius 2 is 1.91 bits per heavy atom. The molecule has 0 aliphatic rings. The van der Waals surface area contributed by atoms with Gasteiger partial charge in [-0.15, -0.1) is 0 Å². The maximum atomic E-state index is 10.6. The quantitative estimate of drug-likeness (QED) is 0.693. The molecule has 1 N–H and O–H groups in total. The molecule has 1 aromatic carbocycles. The van der Waals surface area contributed by atoms with Gasteiger partial charge in [-0.1, -0.05) is 0 Å². The molecule has 1 rings (SSSR count). The zero-order chi connectivity index (χ0) is 8.27. The summed E-state index contributed by atoms with van der Waals surface area (Å²) in [6, 6.07) is 6.08. The highest BCUT2D eigenvalue weighted by Gasteiger charge is 2.07. The van der Waals surface area contributed by atoms with Gasteiger partial charge in [0, 0.05) is 0 Å². The van der Waals surface area contributed by atoms with Crippen molar-refractivity contribution >= 4 is 8.03 Å². The highest BCUT2D eigenvalue weighted by molar-refractivity contribution is 7.38. The van der Waals surface area contributed by atoms with Crippen LogP contribution in [0.1, 0.15) is 0 Å². The average molecular weight is 171 g/mol.